The van der Waals surface area contributed by atoms with Crippen molar-refractivity contribution in [3.8, 4) is 5.69 Å². The Labute approximate surface area is 145 Å². The van der Waals surface area contributed by atoms with Gasteiger partial charge in [0.25, 0.3) is 0 Å². The fraction of sp³-hybridized carbons (Fsp3) is 0.211. The first kappa shape index (κ1) is 14.2. The molecule has 3 aromatic rings. The molecule has 0 saturated carbocycles. The minimum Gasteiger partial charge on any atom is -0.323 e. The van der Waals surface area contributed by atoms with E-state index in [1.54, 1.807) is 12.4 Å². The van der Waals surface area contributed by atoms with Crippen molar-refractivity contribution < 1.29 is 4.79 Å². The zero-order chi connectivity index (χ0) is 16.8. The Morgan fingerprint density at radius 2 is 1.96 bits per heavy atom. The molecule has 1 aromatic carbocycles. The van der Waals surface area contributed by atoms with Crippen LogP contribution in [0.2, 0.25) is 0 Å². The summed E-state index contributed by atoms with van der Waals surface area (Å²) in [5.74, 6) is 1.55. The second-order valence-corrected chi connectivity index (χ2v) is 6.50. The highest BCUT2D eigenvalue weighted by Crippen LogP contribution is 2.45. The molecule has 25 heavy (non-hydrogen) atoms. The Morgan fingerprint density at radius 3 is 2.84 bits per heavy atom. The molecular formula is C19H17N5O. The number of amides is 2. The number of anilines is 1. The van der Waals surface area contributed by atoms with Crippen molar-refractivity contribution in [2.45, 2.75) is 11.8 Å². The van der Waals surface area contributed by atoms with Gasteiger partial charge >= 0.3 is 6.03 Å². The Hall–Kier alpha value is -3.15. The summed E-state index contributed by atoms with van der Waals surface area (Å²) in [6, 6.07) is 12.0. The molecule has 0 spiro atoms. The van der Waals surface area contributed by atoms with Crippen LogP contribution >= 0.6 is 0 Å². The molecule has 5 rings (SSSR count). The third kappa shape index (κ3) is 2.21. The van der Waals surface area contributed by atoms with E-state index in [2.05, 4.69) is 38.1 Å². The van der Waals surface area contributed by atoms with Crippen molar-refractivity contribution in [3.63, 3.8) is 0 Å². The summed E-state index contributed by atoms with van der Waals surface area (Å²) < 4.78 is 2.15. The lowest BCUT2D eigenvalue weighted by Crippen LogP contribution is -2.33. The summed E-state index contributed by atoms with van der Waals surface area (Å²) in [4.78, 5) is 23.2. The number of hydrogen-bond donors (Lipinski definition) is 1. The van der Waals surface area contributed by atoms with Crippen molar-refractivity contribution in [1.82, 2.24) is 19.4 Å². The van der Waals surface area contributed by atoms with E-state index in [0.717, 1.165) is 5.82 Å². The number of likely N-dealkylation sites (tertiary alicyclic amines) is 1. The van der Waals surface area contributed by atoms with E-state index in [-0.39, 0.29) is 17.9 Å². The van der Waals surface area contributed by atoms with Crippen LogP contribution in [0.4, 0.5) is 10.5 Å². The molecule has 2 aromatic heterocycles. The first-order chi connectivity index (χ1) is 12.3. The molecule has 2 aliphatic rings. The summed E-state index contributed by atoms with van der Waals surface area (Å²) in [7, 11) is 0. The molecule has 1 saturated heterocycles. The van der Waals surface area contributed by atoms with Gasteiger partial charge in [-0.15, -0.1) is 0 Å². The number of benzene rings is 1. The Balaban J connectivity index is 1.46. The maximum absolute atomic E-state index is 12.7. The molecule has 1 N–H and O–H groups in total. The second kappa shape index (κ2) is 5.44. The molecule has 124 valence electrons. The van der Waals surface area contributed by atoms with Crippen LogP contribution in [0, 0.1) is 0 Å². The average molecular weight is 331 g/mol. The van der Waals surface area contributed by atoms with E-state index in [1.165, 1.54) is 11.3 Å². The van der Waals surface area contributed by atoms with Crippen LogP contribution < -0.4 is 5.32 Å². The lowest BCUT2D eigenvalue weighted by molar-refractivity contribution is 0.221. The lowest BCUT2D eigenvalue weighted by atomic mass is 9.84. The minimum absolute atomic E-state index is 0.0852. The number of nitrogens with one attached hydrogen (secondary N) is 1. The summed E-state index contributed by atoms with van der Waals surface area (Å²) in [5.41, 5.74) is 3.17. The number of rotatable bonds is 1. The predicted molar refractivity (Wildman–Crippen MR) is 93.9 cm³/mol. The zero-order valence-electron chi connectivity index (χ0n) is 13.5. The van der Waals surface area contributed by atoms with Gasteiger partial charge in [0.2, 0.25) is 0 Å². The van der Waals surface area contributed by atoms with E-state index in [0.29, 0.717) is 18.8 Å². The normalized spacial score (nSPS) is 20.6. The number of aromatic nitrogens is 3. The molecule has 4 heterocycles. The topological polar surface area (TPSA) is 63.1 Å². The van der Waals surface area contributed by atoms with Crippen LogP contribution in [0.1, 0.15) is 23.2 Å². The number of para-hydroxylation sites is 1. The molecule has 2 amide bonds. The van der Waals surface area contributed by atoms with Crippen LogP contribution in [0.15, 0.2) is 61.2 Å². The molecule has 6 heteroatoms. The quantitative estimate of drug-likeness (QED) is 0.745. The van der Waals surface area contributed by atoms with Gasteiger partial charge in [-0.05, 0) is 23.8 Å². The van der Waals surface area contributed by atoms with E-state index in [9.17, 15) is 4.79 Å². The molecule has 1 fully saturated rings. The van der Waals surface area contributed by atoms with Gasteiger partial charge in [0.15, 0.2) is 0 Å². The number of fused-ring (bicyclic) bond motifs is 6. The first-order valence-corrected chi connectivity index (χ1v) is 8.40. The Morgan fingerprint density at radius 1 is 1.08 bits per heavy atom. The number of urea groups is 1. The largest absolute Gasteiger partial charge is 0.323 e. The van der Waals surface area contributed by atoms with Gasteiger partial charge < -0.3 is 14.8 Å². The lowest BCUT2D eigenvalue weighted by Gasteiger charge is -2.28. The van der Waals surface area contributed by atoms with Crippen LogP contribution in [0.25, 0.3) is 5.69 Å². The predicted octanol–water partition coefficient (Wildman–Crippen LogP) is 3.00. The number of nitrogens with zero attached hydrogens (tertiary/aromatic N) is 4. The maximum Gasteiger partial charge on any atom is 0.321 e. The molecular weight excluding hydrogens is 314 g/mol. The van der Waals surface area contributed by atoms with Crippen LogP contribution in [-0.2, 0) is 0 Å². The van der Waals surface area contributed by atoms with E-state index >= 15 is 0 Å². The number of pyridine rings is 1. The summed E-state index contributed by atoms with van der Waals surface area (Å²) >= 11 is 0. The van der Waals surface area contributed by atoms with E-state index in [1.807, 2.05) is 35.5 Å². The smallest absolute Gasteiger partial charge is 0.321 e. The van der Waals surface area contributed by atoms with Crippen molar-refractivity contribution in [2.75, 3.05) is 18.4 Å². The molecule has 2 aliphatic heterocycles. The fourth-order valence-corrected chi connectivity index (χ4v) is 4.00. The van der Waals surface area contributed by atoms with E-state index < -0.39 is 0 Å². The van der Waals surface area contributed by atoms with Gasteiger partial charge in [0, 0.05) is 43.5 Å². The monoisotopic (exact) mass is 331 g/mol. The minimum atomic E-state index is -0.0852. The summed E-state index contributed by atoms with van der Waals surface area (Å²) in [6.45, 7) is 1.36. The molecule has 0 bridgehead atoms. The SMILES string of the molecule is O=C(Nc1cccnc1)N1C[C@@H]2c3nccn3-c3ccccc3[C@@H]2C1. The summed E-state index contributed by atoms with van der Waals surface area (Å²) in [6.07, 6.45) is 7.19. The van der Waals surface area contributed by atoms with Crippen LogP contribution in [0.3, 0.4) is 0 Å². The fourth-order valence-electron chi connectivity index (χ4n) is 4.00. The summed E-state index contributed by atoms with van der Waals surface area (Å²) in [5, 5.41) is 2.93. The second-order valence-electron chi connectivity index (χ2n) is 6.50. The first-order valence-electron chi connectivity index (χ1n) is 8.40. The van der Waals surface area contributed by atoms with Gasteiger partial charge in [-0.2, -0.15) is 0 Å². The highest BCUT2D eigenvalue weighted by atomic mass is 16.2. The molecule has 0 unspecified atom stereocenters. The van der Waals surface area contributed by atoms with Crippen molar-refractivity contribution in [2.24, 2.45) is 0 Å². The highest BCUT2D eigenvalue weighted by Gasteiger charge is 2.43. The number of carbonyl (C=O) groups excluding carboxylic acids is 1. The van der Waals surface area contributed by atoms with Crippen molar-refractivity contribution in [3.05, 3.63) is 72.6 Å². The van der Waals surface area contributed by atoms with Gasteiger partial charge in [0.05, 0.1) is 17.6 Å². The van der Waals surface area contributed by atoms with Gasteiger partial charge in [-0.25, -0.2) is 9.78 Å². The molecule has 0 aliphatic carbocycles. The zero-order valence-corrected chi connectivity index (χ0v) is 13.5. The maximum atomic E-state index is 12.7. The number of hydrogen-bond acceptors (Lipinski definition) is 3. The standard InChI is InChI=1S/C19H17N5O/c25-19(22-13-4-3-7-20-10-13)23-11-15-14-5-1-2-6-17(14)24-9-8-21-18(24)16(15)12-23/h1-10,15-16H,11-12H2,(H,22,25)/t15-,16-/m0/s1. The molecule has 2 atom stereocenters. The van der Waals surface area contributed by atoms with E-state index in [4.69, 9.17) is 0 Å². The van der Waals surface area contributed by atoms with Crippen molar-refractivity contribution >= 4 is 11.7 Å². The van der Waals surface area contributed by atoms with Gasteiger partial charge in [-0.3, -0.25) is 4.98 Å². The van der Waals surface area contributed by atoms with Gasteiger partial charge in [0.1, 0.15) is 5.82 Å². The third-order valence-electron chi connectivity index (χ3n) is 5.12. The van der Waals surface area contributed by atoms with Crippen LogP contribution in [0.5, 0.6) is 0 Å². The molecule has 0 radical (unpaired) electrons. The number of carbonyl (C=O) groups is 1. The van der Waals surface area contributed by atoms with Crippen LogP contribution in [-0.4, -0.2) is 38.6 Å². The Bertz CT molecular complexity index is 936. The third-order valence-corrected chi connectivity index (χ3v) is 5.12. The molecule has 6 nitrogen and oxygen atoms in total. The Kier molecular flexibility index (Phi) is 3.09. The average Bonchev–Trinajstić information content (AvgIpc) is 3.30. The highest BCUT2D eigenvalue weighted by molar-refractivity contribution is 5.89. The number of imidazole rings is 1. The van der Waals surface area contributed by atoms with Gasteiger partial charge in [-0.1, -0.05) is 18.2 Å². The van der Waals surface area contributed by atoms with Crippen molar-refractivity contribution in [1.29, 1.82) is 0 Å².